The molecule has 0 bridgehead atoms. The number of nitrogens with zero attached hydrogens (tertiary/aromatic N) is 2. The van der Waals surface area contributed by atoms with Crippen molar-refractivity contribution < 1.29 is 4.74 Å². The summed E-state index contributed by atoms with van der Waals surface area (Å²) in [5.74, 6) is 0.946. The Kier molecular flexibility index (Phi) is 3.99. The molecular formula is C17H19N3O. The van der Waals surface area contributed by atoms with E-state index in [0.717, 1.165) is 29.0 Å². The summed E-state index contributed by atoms with van der Waals surface area (Å²) < 4.78 is 7.48. The Labute approximate surface area is 124 Å². The van der Waals surface area contributed by atoms with Gasteiger partial charge in [-0.3, -0.25) is 0 Å². The zero-order valence-corrected chi connectivity index (χ0v) is 12.1. The number of fused-ring (bicyclic) bond motifs is 1. The SMILES string of the molecule is COCc1nc2ccccc2n1Cc1ccc(CN)cc1. The molecule has 0 spiro atoms. The molecule has 0 amide bonds. The first-order valence-corrected chi connectivity index (χ1v) is 7.03. The number of rotatable bonds is 5. The van der Waals surface area contributed by atoms with Crippen LogP contribution < -0.4 is 5.73 Å². The number of ether oxygens (including phenoxy) is 1. The third-order valence-electron chi connectivity index (χ3n) is 3.61. The molecule has 1 aromatic heterocycles. The van der Waals surface area contributed by atoms with Crippen LogP contribution in [-0.2, 0) is 24.4 Å². The van der Waals surface area contributed by atoms with E-state index in [1.165, 1.54) is 5.56 Å². The number of para-hydroxylation sites is 2. The van der Waals surface area contributed by atoms with Gasteiger partial charge in [0, 0.05) is 20.2 Å². The van der Waals surface area contributed by atoms with E-state index in [4.69, 9.17) is 10.5 Å². The molecule has 4 nitrogen and oxygen atoms in total. The normalized spacial score (nSPS) is 11.1. The Morgan fingerprint density at radius 2 is 1.76 bits per heavy atom. The van der Waals surface area contributed by atoms with Gasteiger partial charge in [-0.15, -0.1) is 0 Å². The zero-order valence-electron chi connectivity index (χ0n) is 12.1. The molecule has 3 aromatic rings. The van der Waals surface area contributed by atoms with E-state index in [-0.39, 0.29) is 0 Å². The van der Waals surface area contributed by atoms with Crippen LogP contribution in [0, 0.1) is 0 Å². The lowest BCUT2D eigenvalue weighted by Crippen LogP contribution is -2.06. The fourth-order valence-electron chi connectivity index (χ4n) is 2.50. The molecule has 1 heterocycles. The molecule has 0 saturated heterocycles. The van der Waals surface area contributed by atoms with Gasteiger partial charge in [-0.1, -0.05) is 36.4 Å². The van der Waals surface area contributed by atoms with Crippen molar-refractivity contribution in [2.75, 3.05) is 7.11 Å². The van der Waals surface area contributed by atoms with Gasteiger partial charge in [0.1, 0.15) is 12.4 Å². The maximum absolute atomic E-state index is 5.64. The van der Waals surface area contributed by atoms with Crippen molar-refractivity contribution in [2.45, 2.75) is 19.7 Å². The molecule has 0 saturated carbocycles. The van der Waals surface area contributed by atoms with E-state index in [1.807, 2.05) is 18.2 Å². The molecule has 0 unspecified atom stereocenters. The van der Waals surface area contributed by atoms with E-state index >= 15 is 0 Å². The smallest absolute Gasteiger partial charge is 0.136 e. The third kappa shape index (κ3) is 2.82. The quantitative estimate of drug-likeness (QED) is 0.782. The Hall–Kier alpha value is -2.17. The van der Waals surface area contributed by atoms with Crippen LogP contribution in [0.4, 0.5) is 0 Å². The van der Waals surface area contributed by atoms with Crippen LogP contribution in [-0.4, -0.2) is 16.7 Å². The summed E-state index contributed by atoms with van der Waals surface area (Å²) in [6.07, 6.45) is 0. The summed E-state index contributed by atoms with van der Waals surface area (Å²) in [5.41, 5.74) is 10.2. The Bertz CT molecular complexity index is 731. The summed E-state index contributed by atoms with van der Waals surface area (Å²) >= 11 is 0. The molecule has 0 fully saturated rings. The molecule has 0 aliphatic rings. The number of hydrogen-bond acceptors (Lipinski definition) is 3. The minimum atomic E-state index is 0.509. The molecular weight excluding hydrogens is 262 g/mol. The molecule has 0 atom stereocenters. The van der Waals surface area contributed by atoms with Crippen LogP contribution in [0.2, 0.25) is 0 Å². The molecule has 21 heavy (non-hydrogen) atoms. The summed E-state index contributed by atoms with van der Waals surface area (Å²) in [7, 11) is 1.69. The average molecular weight is 281 g/mol. The minimum absolute atomic E-state index is 0.509. The van der Waals surface area contributed by atoms with E-state index in [0.29, 0.717) is 13.2 Å². The van der Waals surface area contributed by atoms with Crippen LogP contribution in [0.3, 0.4) is 0 Å². The number of nitrogens with two attached hydrogens (primary N) is 1. The maximum atomic E-state index is 5.64. The van der Waals surface area contributed by atoms with Gasteiger partial charge in [0.25, 0.3) is 0 Å². The largest absolute Gasteiger partial charge is 0.377 e. The van der Waals surface area contributed by atoms with Crippen molar-refractivity contribution in [1.82, 2.24) is 9.55 Å². The van der Waals surface area contributed by atoms with Crippen LogP contribution >= 0.6 is 0 Å². The van der Waals surface area contributed by atoms with Crippen LogP contribution in [0.15, 0.2) is 48.5 Å². The van der Waals surface area contributed by atoms with Gasteiger partial charge in [-0.2, -0.15) is 0 Å². The van der Waals surface area contributed by atoms with Gasteiger partial charge in [0.2, 0.25) is 0 Å². The number of imidazole rings is 1. The molecule has 2 aromatic carbocycles. The van der Waals surface area contributed by atoms with E-state index in [1.54, 1.807) is 7.11 Å². The molecule has 0 aliphatic carbocycles. The van der Waals surface area contributed by atoms with Crippen LogP contribution in [0.25, 0.3) is 11.0 Å². The molecule has 3 rings (SSSR count). The second-order valence-corrected chi connectivity index (χ2v) is 5.06. The highest BCUT2D eigenvalue weighted by Crippen LogP contribution is 2.18. The lowest BCUT2D eigenvalue weighted by molar-refractivity contribution is 0.175. The first-order valence-electron chi connectivity index (χ1n) is 7.03. The number of methoxy groups -OCH3 is 1. The van der Waals surface area contributed by atoms with Crippen molar-refractivity contribution in [2.24, 2.45) is 5.73 Å². The van der Waals surface area contributed by atoms with Crippen molar-refractivity contribution in [3.05, 3.63) is 65.5 Å². The highest BCUT2D eigenvalue weighted by atomic mass is 16.5. The number of aromatic nitrogens is 2. The Morgan fingerprint density at radius 3 is 2.48 bits per heavy atom. The fourth-order valence-corrected chi connectivity index (χ4v) is 2.50. The lowest BCUT2D eigenvalue weighted by atomic mass is 10.1. The molecule has 4 heteroatoms. The average Bonchev–Trinajstić information content (AvgIpc) is 2.86. The first-order chi connectivity index (χ1) is 10.3. The number of benzene rings is 2. The van der Waals surface area contributed by atoms with Gasteiger partial charge in [0.05, 0.1) is 11.0 Å². The second kappa shape index (κ2) is 6.08. The van der Waals surface area contributed by atoms with Gasteiger partial charge < -0.3 is 15.0 Å². The molecule has 108 valence electrons. The van der Waals surface area contributed by atoms with Crippen LogP contribution in [0.1, 0.15) is 17.0 Å². The van der Waals surface area contributed by atoms with Crippen LogP contribution in [0.5, 0.6) is 0 Å². The van der Waals surface area contributed by atoms with E-state index < -0.39 is 0 Å². The maximum Gasteiger partial charge on any atom is 0.136 e. The Balaban J connectivity index is 1.99. The highest BCUT2D eigenvalue weighted by Gasteiger charge is 2.10. The highest BCUT2D eigenvalue weighted by molar-refractivity contribution is 5.76. The standard InChI is InChI=1S/C17H19N3O/c1-21-12-17-19-15-4-2-3-5-16(15)20(17)11-14-8-6-13(10-18)7-9-14/h2-9H,10-12,18H2,1H3. The Morgan fingerprint density at radius 1 is 1.05 bits per heavy atom. The second-order valence-electron chi connectivity index (χ2n) is 5.06. The predicted molar refractivity (Wildman–Crippen MR) is 83.9 cm³/mol. The van der Waals surface area contributed by atoms with Gasteiger partial charge >= 0.3 is 0 Å². The third-order valence-corrected chi connectivity index (χ3v) is 3.61. The number of hydrogen-bond donors (Lipinski definition) is 1. The van der Waals surface area contributed by atoms with E-state index in [9.17, 15) is 0 Å². The monoisotopic (exact) mass is 281 g/mol. The first kappa shape index (κ1) is 13.8. The van der Waals surface area contributed by atoms with Gasteiger partial charge in [0.15, 0.2) is 0 Å². The summed E-state index contributed by atoms with van der Waals surface area (Å²) in [5, 5.41) is 0. The minimum Gasteiger partial charge on any atom is -0.377 e. The van der Waals surface area contributed by atoms with Crippen molar-refractivity contribution in [3.8, 4) is 0 Å². The molecule has 2 N–H and O–H groups in total. The van der Waals surface area contributed by atoms with Crippen molar-refractivity contribution >= 4 is 11.0 Å². The summed E-state index contributed by atoms with van der Waals surface area (Å²) in [6.45, 7) is 1.86. The molecule has 0 radical (unpaired) electrons. The zero-order chi connectivity index (χ0) is 14.7. The van der Waals surface area contributed by atoms with Gasteiger partial charge in [-0.25, -0.2) is 4.98 Å². The van der Waals surface area contributed by atoms with E-state index in [2.05, 4.69) is 39.9 Å². The van der Waals surface area contributed by atoms with Crippen molar-refractivity contribution in [1.29, 1.82) is 0 Å². The predicted octanol–water partition coefficient (Wildman–Crippen LogP) is 2.69. The van der Waals surface area contributed by atoms with Gasteiger partial charge in [-0.05, 0) is 23.3 Å². The fraction of sp³-hybridized carbons (Fsp3) is 0.235. The van der Waals surface area contributed by atoms with Crippen molar-refractivity contribution in [3.63, 3.8) is 0 Å². The summed E-state index contributed by atoms with van der Waals surface area (Å²) in [6, 6.07) is 16.6. The summed E-state index contributed by atoms with van der Waals surface area (Å²) in [4.78, 5) is 4.65. The topological polar surface area (TPSA) is 53.1 Å². The lowest BCUT2D eigenvalue weighted by Gasteiger charge is -2.09. The molecule has 0 aliphatic heterocycles.